The van der Waals surface area contributed by atoms with Crippen LogP contribution in [0.5, 0.6) is 0 Å². The molecule has 29 heavy (non-hydrogen) atoms. The maximum atomic E-state index is 13.0. The van der Waals surface area contributed by atoms with E-state index in [2.05, 4.69) is 5.32 Å². The molecule has 0 fully saturated rings. The van der Waals surface area contributed by atoms with E-state index in [1.165, 1.54) is 0 Å². The minimum Gasteiger partial charge on any atom is -0.327 e. The van der Waals surface area contributed by atoms with Crippen LogP contribution >= 0.6 is 0 Å². The summed E-state index contributed by atoms with van der Waals surface area (Å²) >= 11 is 0. The van der Waals surface area contributed by atoms with Gasteiger partial charge < -0.3 is 10.2 Å². The highest BCUT2D eigenvalue weighted by atomic mass is 16.2. The van der Waals surface area contributed by atoms with Crippen molar-refractivity contribution in [2.75, 3.05) is 5.32 Å². The molecule has 1 heterocycles. The van der Waals surface area contributed by atoms with Gasteiger partial charge in [-0.1, -0.05) is 65.7 Å². The van der Waals surface area contributed by atoms with Gasteiger partial charge in [0.1, 0.15) is 0 Å². The Morgan fingerprint density at radius 3 is 2.21 bits per heavy atom. The lowest BCUT2D eigenvalue weighted by Crippen LogP contribution is -2.32. The number of benzene rings is 3. The van der Waals surface area contributed by atoms with Crippen molar-refractivity contribution >= 4 is 17.5 Å². The molecule has 3 aromatic carbocycles. The molecule has 1 N–H and O–H groups in total. The molecule has 1 atom stereocenters. The zero-order chi connectivity index (χ0) is 20.4. The summed E-state index contributed by atoms with van der Waals surface area (Å²) in [6.07, 6.45) is 0.205. The number of carbonyl (C=O) groups is 2. The molecule has 2 amide bonds. The quantitative estimate of drug-likeness (QED) is 0.671. The first-order valence-electron chi connectivity index (χ1n) is 9.83. The lowest BCUT2D eigenvalue weighted by Gasteiger charge is -2.28. The Hall–Kier alpha value is -3.40. The Morgan fingerprint density at radius 1 is 0.931 bits per heavy atom. The summed E-state index contributed by atoms with van der Waals surface area (Å²) in [6, 6.07) is 23.1. The van der Waals surface area contributed by atoms with Crippen LogP contribution in [-0.4, -0.2) is 16.7 Å². The van der Waals surface area contributed by atoms with E-state index >= 15 is 0 Å². The molecule has 0 saturated carbocycles. The molecule has 0 aromatic heterocycles. The SMILES string of the molecule is Cc1ccc(NC(=O)CC(c2ccc(C)cc2)N2Cc3ccccc3C2=O)cc1. The van der Waals surface area contributed by atoms with Gasteiger partial charge in [-0.3, -0.25) is 9.59 Å². The molecule has 0 radical (unpaired) electrons. The standard InChI is InChI=1S/C25H24N2O2/c1-17-7-11-19(12-8-17)23(15-24(28)26-21-13-9-18(2)10-14-21)27-16-20-5-3-4-6-22(20)25(27)29/h3-14,23H,15-16H2,1-2H3,(H,26,28). The largest absolute Gasteiger partial charge is 0.327 e. The first kappa shape index (κ1) is 18.9. The number of nitrogens with one attached hydrogen (secondary N) is 1. The van der Waals surface area contributed by atoms with E-state index in [0.29, 0.717) is 6.54 Å². The summed E-state index contributed by atoms with van der Waals surface area (Å²) in [5, 5.41) is 2.96. The Morgan fingerprint density at radius 2 is 1.55 bits per heavy atom. The molecule has 1 aliphatic rings. The Kier molecular flexibility index (Phi) is 5.17. The van der Waals surface area contributed by atoms with Crippen molar-refractivity contribution in [3.63, 3.8) is 0 Å². The molecule has 4 nitrogen and oxygen atoms in total. The summed E-state index contributed by atoms with van der Waals surface area (Å²) in [4.78, 5) is 27.7. The third kappa shape index (κ3) is 4.06. The number of rotatable bonds is 5. The fourth-order valence-electron chi connectivity index (χ4n) is 3.75. The van der Waals surface area contributed by atoms with Crippen molar-refractivity contribution in [1.29, 1.82) is 0 Å². The Labute approximate surface area is 171 Å². The van der Waals surface area contributed by atoms with Gasteiger partial charge in [-0.2, -0.15) is 0 Å². The van der Waals surface area contributed by atoms with Crippen LogP contribution in [0.2, 0.25) is 0 Å². The molecule has 4 rings (SSSR count). The van der Waals surface area contributed by atoms with E-state index in [1.54, 1.807) is 0 Å². The van der Waals surface area contributed by atoms with Crippen LogP contribution in [0.4, 0.5) is 5.69 Å². The second kappa shape index (κ2) is 7.92. The van der Waals surface area contributed by atoms with E-state index in [4.69, 9.17) is 0 Å². The molecule has 4 heteroatoms. The second-order valence-electron chi connectivity index (χ2n) is 7.64. The summed E-state index contributed by atoms with van der Waals surface area (Å²) < 4.78 is 0. The van der Waals surface area contributed by atoms with Crippen LogP contribution < -0.4 is 5.32 Å². The number of amides is 2. The number of hydrogen-bond acceptors (Lipinski definition) is 2. The average molecular weight is 384 g/mol. The maximum Gasteiger partial charge on any atom is 0.255 e. The lowest BCUT2D eigenvalue weighted by molar-refractivity contribution is -0.117. The van der Waals surface area contributed by atoms with Crippen LogP contribution in [-0.2, 0) is 11.3 Å². The van der Waals surface area contributed by atoms with E-state index < -0.39 is 0 Å². The molecule has 0 saturated heterocycles. The van der Waals surface area contributed by atoms with E-state index in [0.717, 1.165) is 33.5 Å². The summed E-state index contributed by atoms with van der Waals surface area (Å²) in [5.41, 5.74) is 5.75. The first-order chi connectivity index (χ1) is 14.0. The van der Waals surface area contributed by atoms with Gasteiger partial charge in [0, 0.05) is 17.8 Å². The molecular formula is C25H24N2O2. The third-order valence-corrected chi connectivity index (χ3v) is 5.40. The van der Waals surface area contributed by atoms with Gasteiger partial charge in [-0.15, -0.1) is 0 Å². The van der Waals surface area contributed by atoms with Gasteiger partial charge in [0.25, 0.3) is 5.91 Å². The molecule has 0 spiro atoms. The third-order valence-electron chi connectivity index (χ3n) is 5.40. The van der Waals surface area contributed by atoms with E-state index in [1.807, 2.05) is 91.5 Å². The minimum atomic E-state index is -0.319. The van der Waals surface area contributed by atoms with Crippen molar-refractivity contribution in [2.45, 2.75) is 32.9 Å². The van der Waals surface area contributed by atoms with Crippen LogP contribution in [0.1, 0.15) is 45.1 Å². The Bertz CT molecular complexity index is 1040. The summed E-state index contributed by atoms with van der Waals surface area (Å²) in [5.74, 6) is -0.127. The highest BCUT2D eigenvalue weighted by Crippen LogP contribution is 2.33. The molecular weight excluding hydrogens is 360 g/mol. The molecule has 146 valence electrons. The number of carbonyl (C=O) groups excluding carboxylic acids is 2. The Balaban J connectivity index is 1.59. The number of fused-ring (bicyclic) bond motifs is 1. The summed E-state index contributed by atoms with van der Waals surface area (Å²) in [6.45, 7) is 4.56. The van der Waals surface area contributed by atoms with E-state index in [-0.39, 0.29) is 24.3 Å². The van der Waals surface area contributed by atoms with Crippen molar-refractivity contribution in [3.05, 3.63) is 101 Å². The van der Waals surface area contributed by atoms with Crippen LogP contribution in [0, 0.1) is 13.8 Å². The van der Waals surface area contributed by atoms with Gasteiger partial charge in [0.15, 0.2) is 0 Å². The van der Waals surface area contributed by atoms with E-state index in [9.17, 15) is 9.59 Å². The predicted molar refractivity (Wildman–Crippen MR) is 115 cm³/mol. The average Bonchev–Trinajstić information content (AvgIpc) is 3.05. The van der Waals surface area contributed by atoms with Gasteiger partial charge >= 0.3 is 0 Å². The summed E-state index contributed by atoms with van der Waals surface area (Å²) in [7, 11) is 0. The van der Waals surface area contributed by atoms with Crippen molar-refractivity contribution in [2.24, 2.45) is 0 Å². The second-order valence-corrected chi connectivity index (χ2v) is 7.64. The lowest BCUT2D eigenvalue weighted by atomic mass is 10.00. The number of nitrogens with zero attached hydrogens (tertiary/aromatic N) is 1. The molecule has 1 unspecified atom stereocenters. The van der Waals surface area contributed by atoms with Gasteiger partial charge in [-0.05, 0) is 43.2 Å². The van der Waals surface area contributed by atoms with Gasteiger partial charge in [-0.25, -0.2) is 0 Å². The van der Waals surface area contributed by atoms with Crippen molar-refractivity contribution in [1.82, 2.24) is 4.90 Å². The van der Waals surface area contributed by atoms with Crippen molar-refractivity contribution in [3.8, 4) is 0 Å². The normalized spacial score (nSPS) is 13.9. The zero-order valence-corrected chi connectivity index (χ0v) is 16.7. The topological polar surface area (TPSA) is 49.4 Å². The van der Waals surface area contributed by atoms with Gasteiger partial charge in [0.2, 0.25) is 5.91 Å². The smallest absolute Gasteiger partial charge is 0.255 e. The maximum absolute atomic E-state index is 13.0. The molecule has 0 aliphatic carbocycles. The van der Waals surface area contributed by atoms with Crippen LogP contribution in [0.25, 0.3) is 0 Å². The fourth-order valence-corrected chi connectivity index (χ4v) is 3.75. The van der Waals surface area contributed by atoms with Crippen molar-refractivity contribution < 1.29 is 9.59 Å². The first-order valence-corrected chi connectivity index (χ1v) is 9.83. The van der Waals surface area contributed by atoms with Crippen LogP contribution in [0.15, 0.2) is 72.8 Å². The molecule has 0 bridgehead atoms. The minimum absolute atomic E-state index is 0.0192. The number of aryl methyl sites for hydroxylation is 2. The van der Waals surface area contributed by atoms with Gasteiger partial charge in [0.05, 0.1) is 12.5 Å². The van der Waals surface area contributed by atoms with Crippen LogP contribution in [0.3, 0.4) is 0 Å². The number of hydrogen-bond donors (Lipinski definition) is 1. The highest BCUT2D eigenvalue weighted by molar-refractivity contribution is 5.99. The molecule has 3 aromatic rings. The fraction of sp³-hybridized carbons (Fsp3) is 0.200. The zero-order valence-electron chi connectivity index (χ0n) is 16.7. The predicted octanol–water partition coefficient (Wildman–Crippen LogP) is 5.03. The monoisotopic (exact) mass is 384 g/mol. The highest BCUT2D eigenvalue weighted by Gasteiger charge is 2.34. The number of anilines is 1. The molecule has 1 aliphatic heterocycles.